The van der Waals surface area contributed by atoms with Crippen LogP contribution in [0.1, 0.15) is 10.4 Å². The number of aromatic nitrogens is 2. The van der Waals surface area contributed by atoms with Gasteiger partial charge in [-0.2, -0.15) is 5.10 Å². The van der Waals surface area contributed by atoms with Gasteiger partial charge in [-0.05, 0) is 22.9 Å². The normalized spacial score (nSPS) is 10.5. The van der Waals surface area contributed by atoms with Gasteiger partial charge in [-0.25, -0.2) is 0 Å². The van der Waals surface area contributed by atoms with E-state index in [9.17, 15) is 4.79 Å². The molecule has 0 unspecified atom stereocenters. The van der Waals surface area contributed by atoms with Crippen molar-refractivity contribution >= 4 is 28.2 Å². The Labute approximate surface area is 109 Å². The summed E-state index contributed by atoms with van der Waals surface area (Å²) >= 11 is 0. The number of nitrogens with one attached hydrogen (secondary N) is 2. The summed E-state index contributed by atoms with van der Waals surface area (Å²) in [7, 11) is 0. The zero-order chi connectivity index (χ0) is 13.2. The minimum Gasteiger partial charge on any atom is -0.394 e. The number of benzene rings is 2. The van der Waals surface area contributed by atoms with Gasteiger partial charge in [-0.3, -0.25) is 9.89 Å². The average Bonchev–Trinajstić information content (AvgIpc) is 2.84. The molecule has 1 heterocycles. The first-order valence-electron chi connectivity index (χ1n) is 5.83. The molecule has 1 amide bonds. The van der Waals surface area contributed by atoms with Crippen LogP contribution in [0.2, 0.25) is 0 Å². The largest absolute Gasteiger partial charge is 0.394 e. The van der Waals surface area contributed by atoms with E-state index in [0.717, 1.165) is 10.8 Å². The van der Waals surface area contributed by atoms with Gasteiger partial charge in [0.05, 0.1) is 11.9 Å². The zero-order valence-electron chi connectivity index (χ0n) is 10.1. The average molecular weight is 252 g/mol. The van der Waals surface area contributed by atoms with Crippen LogP contribution in [0.25, 0.3) is 10.8 Å². The number of rotatable bonds is 2. The van der Waals surface area contributed by atoms with Gasteiger partial charge in [0.2, 0.25) is 0 Å². The molecule has 3 aromatic rings. The third kappa shape index (κ3) is 2.13. The van der Waals surface area contributed by atoms with Crippen LogP contribution in [-0.2, 0) is 0 Å². The molecule has 2 aromatic carbocycles. The van der Waals surface area contributed by atoms with Crippen molar-refractivity contribution in [2.24, 2.45) is 0 Å². The number of nitrogens with zero attached hydrogens (tertiary/aromatic N) is 1. The molecule has 0 radical (unpaired) electrons. The van der Waals surface area contributed by atoms with Gasteiger partial charge < -0.3 is 11.1 Å². The lowest BCUT2D eigenvalue weighted by atomic mass is 10.1. The van der Waals surface area contributed by atoms with Crippen LogP contribution in [0.3, 0.4) is 0 Å². The fourth-order valence-electron chi connectivity index (χ4n) is 1.91. The number of nitrogen functional groups attached to an aromatic ring is 1. The van der Waals surface area contributed by atoms with Crippen LogP contribution in [0.4, 0.5) is 11.5 Å². The highest BCUT2D eigenvalue weighted by atomic mass is 16.1. The third-order valence-corrected chi connectivity index (χ3v) is 2.92. The second-order valence-electron chi connectivity index (χ2n) is 4.22. The topological polar surface area (TPSA) is 83.8 Å². The fourth-order valence-corrected chi connectivity index (χ4v) is 1.91. The SMILES string of the molecule is Nc1cn[nH]c1NC(=O)c1ccc2ccccc2c1. The first-order valence-corrected chi connectivity index (χ1v) is 5.83. The lowest BCUT2D eigenvalue weighted by Gasteiger charge is -2.05. The van der Waals surface area contributed by atoms with Crippen molar-refractivity contribution in [3.05, 3.63) is 54.2 Å². The predicted octanol–water partition coefficient (Wildman–Crippen LogP) is 2.40. The Kier molecular flexibility index (Phi) is 2.64. The van der Waals surface area contributed by atoms with Gasteiger partial charge in [0.1, 0.15) is 0 Å². The summed E-state index contributed by atoms with van der Waals surface area (Å²) in [6, 6.07) is 13.4. The van der Waals surface area contributed by atoms with E-state index in [0.29, 0.717) is 17.1 Å². The number of nitrogens with two attached hydrogens (primary N) is 1. The molecular weight excluding hydrogens is 240 g/mol. The van der Waals surface area contributed by atoms with Crippen LogP contribution in [-0.4, -0.2) is 16.1 Å². The van der Waals surface area contributed by atoms with Crippen LogP contribution in [0.15, 0.2) is 48.7 Å². The van der Waals surface area contributed by atoms with E-state index in [1.165, 1.54) is 6.20 Å². The van der Waals surface area contributed by atoms with E-state index in [2.05, 4.69) is 15.5 Å². The minimum absolute atomic E-state index is 0.221. The van der Waals surface area contributed by atoms with E-state index in [-0.39, 0.29) is 5.91 Å². The molecule has 0 aliphatic rings. The quantitative estimate of drug-likeness (QED) is 0.654. The molecule has 0 saturated carbocycles. The molecule has 0 fully saturated rings. The monoisotopic (exact) mass is 252 g/mol. The molecule has 94 valence electrons. The second-order valence-corrected chi connectivity index (χ2v) is 4.22. The summed E-state index contributed by atoms with van der Waals surface area (Å²) in [5, 5.41) is 11.2. The highest BCUT2D eigenvalue weighted by Gasteiger charge is 2.09. The lowest BCUT2D eigenvalue weighted by molar-refractivity contribution is 0.102. The fraction of sp³-hybridized carbons (Fsp3) is 0. The predicted molar refractivity (Wildman–Crippen MR) is 74.9 cm³/mol. The molecule has 0 aliphatic carbocycles. The molecule has 0 aliphatic heterocycles. The van der Waals surface area contributed by atoms with Gasteiger partial charge >= 0.3 is 0 Å². The molecule has 4 N–H and O–H groups in total. The number of anilines is 2. The summed E-state index contributed by atoms with van der Waals surface area (Å²) in [4.78, 5) is 12.1. The number of carbonyl (C=O) groups is 1. The molecule has 19 heavy (non-hydrogen) atoms. The van der Waals surface area contributed by atoms with Crippen LogP contribution >= 0.6 is 0 Å². The zero-order valence-corrected chi connectivity index (χ0v) is 10.1. The lowest BCUT2D eigenvalue weighted by Crippen LogP contribution is -2.13. The molecule has 1 aromatic heterocycles. The smallest absolute Gasteiger partial charge is 0.256 e. The van der Waals surface area contributed by atoms with Crippen molar-refractivity contribution in [3.63, 3.8) is 0 Å². The molecule has 0 spiro atoms. The highest BCUT2D eigenvalue weighted by molar-refractivity contribution is 6.07. The summed E-state index contributed by atoms with van der Waals surface area (Å²) in [6.45, 7) is 0. The van der Waals surface area contributed by atoms with Gasteiger partial charge in [0.15, 0.2) is 5.82 Å². The second kappa shape index (κ2) is 4.45. The summed E-state index contributed by atoms with van der Waals surface area (Å²) < 4.78 is 0. The first kappa shape index (κ1) is 11.3. The van der Waals surface area contributed by atoms with E-state index in [1.807, 2.05) is 36.4 Å². The summed E-state index contributed by atoms with van der Waals surface area (Å²) in [5.74, 6) is 0.194. The summed E-state index contributed by atoms with van der Waals surface area (Å²) in [5.41, 5.74) is 6.64. The van der Waals surface area contributed by atoms with Crippen LogP contribution < -0.4 is 11.1 Å². The molecular formula is C14H12N4O. The Balaban J connectivity index is 1.91. The number of hydrogen-bond acceptors (Lipinski definition) is 3. The Bertz CT molecular complexity index is 748. The number of aromatic amines is 1. The number of carbonyl (C=O) groups excluding carboxylic acids is 1. The standard InChI is InChI=1S/C14H12N4O/c15-12-8-16-18-13(12)17-14(19)11-6-5-9-3-1-2-4-10(9)7-11/h1-8H,15H2,(H2,16,17,18,19). The molecule has 0 atom stereocenters. The van der Waals surface area contributed by atoms with Crippen molar-refractivity contribution in [2.75, 3.05) is 11.1 Å². The Hall–Kier alpha value is -2.82. The molecule has 0 bridgehead atoms. The maximum Gasteiger partial charge on any atom is 0.256 e. The number of hydrogen-bond donors (Lipinski definition) is 3. The number of fused-ring (bicyclic) bond motifs is 1. The van der Waals surface area contributed by atoms with E-state index in [4.69, 9.17) is 5.73 Å². The van der Waals surface area contributed by atoms with Gasteiger partial charge in [-0.15, -0.1) is 0 Å². The molecule has 3 rings (SSSR count). The van der Waals surface area contributed by atoms with Gasteiger partial charge in [0, 0.05) is 5.56 Å². The van der Waals surface area contributed by atoms with Crippen molar-refractivity contribution in [3.8, 4) is 0 Å². The Morgan fingerprint density at radius 2 is 1.95 bits per heavy atom. The van der Waals surface area contributed by atoms with Crippen molar-refractivity contribution in [1.29, 1.82) is 0 Å². The Morgan fingerprint density at radius 3 is 2.68 bits per heavy atom. The molecule has 5 heteroatoms. The molecule has 0 saturated heterocycles. The summed E-state index contributed by atoms with van der Waals surface area (Å²) in [6.07, 6.45) is 1.45. The molecule has 5 nitrogen and oxygen atoms in total. The van der Waals surface area contributed by atoms with E-state index < -0.39 is 0 Å². The highest BCUT2D eigenvalue weighted by Crippen LogP contribution is 2.18. The number of amides is 1. The van der Waals surface area contributed by atoms with Crippen molar-refractivity contribution in [2.45, 2.75) is 0 Å². The van der Waals surface area contributed by atoms with Crippen LogP contribution in [0, 0.1) is 0 Å². The third-order valence-electron chi connectivity index (χ3n) is 2.92. The maximum absolute atomic E-state index is 12.1. The van der Waals surface area contributed by atoms with E-state index in [1.54, 1.807) is 6.07 Å². The van der Waals surface area contributed by atoms with Crippen LogP contribution in [0.5, 0.6) is 0 Å². The van der Waals surface area contributed by atoms with E-state index >= 15 is 0 Å². The van der Waals surface area contributed by atoms with Crippen molar-refractivity contribution in [1.82, 2.24) is 10.2 Å². The van der Waals surface area contributed by atoms with Gasteiger partial charge in [0.25, 0.3) is 5.91 Å². The van der Waals surface area contributed by atoms with Crippen molar-refractivity contribution < 1.29 is 4.79 Å². The number of H-pyrrole nitrogens is 1. The minimum atomic E-state index is -0.221. The van der Waals surface area contributed by atoms with Gasteiger partial charge in [-0.1, -0.05) is 30.3 Å². The first-order chi connectivity index (χ1) is 9.24. The maximum atomic E-state index is 12.1. The Morgan fingerprint density at radius 1 is 1.16 bits per heavy atom.